The number of nitrogens with zero attached hydrogens (tertiary/aromatic N) is 1. The van der Waals surface area contributed by atoms with Gasteiger partial charge in [0.05, 0.1) is 11.1 Å². The molecule has 0 N–H and O–H groups in total. The Balaban J connectivity index is 3.24. The fraction of sp³-hybridized carbons (Fsp3) is 0.417. The molecule has 1 unspecified atom stereocenters. The highest BCUT2D eigenvalue weighted by Crippen LogP contribution is 2.34. The standard InChI is InChI=1S/C12H12BrClF3NO/c1-7(6-14)18(2)11(19)9-4-3-8(13)5-10(9)12(15,16)17/h3-5,7H,6H2,1-2H3. The molecule has 0 aliphatic rings. The summed E-state index contributed by atoms with van der Waals surface area (Å²) in [4.78, 5) is 13.3. The molecule has 1 atom stereocenters. The lowest BCUT2D eigenvalue weighted by Gasteiger charge is -2.24. The van der Waals surface area contributed by atoms with Crippen molar-refractivity contribution < 1.29 is 18.0 Å². The van der Waals surface area contributed by atoms with Crippen LogP contribution in [0.2, 0.25) is 0 Å². The first-order valence-corrected chi connectivity index (χ1v) is 6.71. The summed E-state index contributed by atoms with van der Waals surface area (Å²) in [5, 5.41) is 0. The molecule has 0 aliphatic carbocycles. The molecular formula is C12H12BrClF3NO. The summed E-state index contributed by atoms with van der Waals surface area (Å²) < 4.78 is 39.0. The zero-order valence-electron chi connectivity index (χ0n) is 10.3. The minimum absolute atomic E-state index is 0.153. The summed E-state index contributed by atoms with van der Waals surface area (Å²) in [6.45, 7) is 1.66. The van der Waals surface area contributed by atoms with E-state index in [-0.39, 0.29) is 22.0 Å². The van der Waals surface area contributed by atoms with Crippen molar-refractivity contribution >= 4 is 33.4 Å². The van der Waals surface area contributed by atoms with Crippen molar-refractivity contribution in [3.63, 3.8) is 0 Å². The SMILES string of the molecule is CC(CCl)N(C)C(=O)c1ccc(Br)cc1C(F)(F)F. The second-order valence-corrected chi connectivity index (χ2v) is 5.33. The van der Waals surface area contributed by atoms with Crippen molar-refractivity contribution in [2.45, 2.75) is 19.1 Å². The zero-order valence-corrected chi connectivity index (χ0v) is 12.6. The van der Waals surface area contributed by atoms with Crippen molar-refractivity contribution in [3.05, 3.63) is 33.8 Å². The van der Waals surface area contributed by atoms with Crippen LogP contribution in [0.15, 0.2) is 22.7 Å². The van der Waals surface area contributed by atoms with Crippen molar-refractivity contribution in [2.75, 3.05) is 12.9 Å². The Bertz CT molecular complexity index is 479. The van der Waals surface area contributed by atoms with E-state index in [0.29, 0.717) is 0 Å². The number of halogens is 5. The summed E-state index contributed by atoms with van der Waals surface area (Å²) in [6, 6.07) is 3.11. The van der Waals surface area contributed by atoms with Crippen molar-refractivity contribution in [1.29, 1.82) is 0 Å². The Morgan fingerprint density at radius 1 is 1.47 bits per heavy atom. The van der Waals surface area contributed by atoms with Gasteiger partial charge >= 0.3 is 6.18 Å². The maximum absolute atomic E-state index is 12.9. The quantitative estimate of drug-likeness (QED) is 0.743. The number of hydrogen-bond acceptors (Lipinski definition) is 1. The lowest BCUT2D eigenvalue weighted by molar-refractivity contribution is -0.138. The molecule has 1 amide bonds. The van der Waals surface area contributed by atoms with E-state index < -0.39 is 17.6 Å². The smallest absolute Gasteiger partial charge is 0.338 e. The van der Waals surface area contributed by atoms with Gasteiger partial charge in [0.2, 0.25) is 0 Å². The van der Waals surface area contributed by atoms with E-state index in [1.165, 1.54) is 18.0 Å². The maximum Gasteiger partial charge on any atom is 0.417 e. The molecule has 0 radical (unpaired) electrons. The van der Waals surface area contributed by atoms with Crippen LogP contribution in [-0.4, -0.2) is 29.8 Å². The molecule has 0 spiro atoms. The molecule has 0 aliphatic heterocycles. The Kier molecular flexibility index (Phi) is 5.26. The first kappa shape index (κ1) is 16.3. The monoisotopic (exact) mass is 357 g/mol. The molecule has 0 aromatic heterocycles. The predicted molar refractivity (Wildman–Crippen MR) is 71.4 cm³/mol. The molecule has 1 aromatic carbocycles. The highest BCUT2D eigenvalue weighted by Gasteiger charge is 2.36. The topological polar surface area (TPSA) is 20.3 Å². The molecule has 1 rings (SSSR count). The molecular weight excluding hydrogens is 346 g/mol. The van der Waals surface area contributed by atoms with Crippen LogP contribution >= 0.6 is 27.5 Å². The number of rotatable bonds is 3. The van der Waals surface area contributed by atoms with Crippen LogP contribution < -0.4 is 0 Å². The largest absolute Gasteiger partial charge is 0.417 e. The molecule has 7 heteroatoms. The van der Waals surface area contributed by atoms with Gasteiger partial charge in [-0.05, 0) is 25.1 Å². The van der Waals surface area contributed by atoms with Gasteiger partial charge in [0.1, 0.15) is 0 Å². The highest BCUT2D eigenvalue weighted by molar-refractivity contribution is 9.10. The Labute approximate surface area is 122 Å². The summed E-state index contributed by atoms with van der Waals surface area (Å²) in [7, 11) is 1.43. The van der Waals surface area contributed by atoms with E-state index >= 15 is 0 Å². The van der Waals surface area contributed by atoms with Crippen LogP contribution in [0.1, 0.15) is 22.8 Å². The number of carbonyl (C=O) groups excluding carboxylic acids is 1. The molecule has 0 fully saturated rings. The van der Waals surface area contributed by atoms with Gasteiger partial charge in [0.25, 0.3) is 5.91 Å². The van der Waals surface area contributed by atoms with E-state index in [9.17, 15) is 18.0 Å². The van der Waals surface area contributed by atoms with Gasteiger partial charge in [-0.25, -0.2) is 0 Å². The van der Waals surface area contributed by atoms with E-state index in [4.69, 9.17) is 11.6 Å². The fourth-order valence-corrected chi connectivity index (χ4v) is 2.00. The third kappa shape index (κ3) is 3.86. The predicted octanol–water partition coefficient (Wildman–Crippen LogP) is 4.17. The molecule has 19 heavy (non-hydrogen) atoms. The molecule has 2 nitrogen and oxygen atoms in total. The number of carbonyl (C=O) groups is 1. The summed E-state index contributed by atoms with van der Waals surface area (Å²) in [5.41, 5.74) is -1.34. The Morgan fingerprint density at radius 2 is 2.05 bits per heavy atom. The number of alkyl halides is 4. The molecule has 0 bridgehead atoms. The average Bonchev–Trinajstić information content (AvgIpc) is 2.35. The lowest BCUT2D eigenvalue weighted by Crippen LogP contribution is -2.37. The van der Waals surface area contributed by atoms with Gasteiger partial charge in [-0.1, -0.05) is 15.9 Å². The minimum atomic E-state index is -4.58. The molecule has 106 valence electrons. The summed E-state index contributed by atoms with van der Waals surface area (Å²) >= 11 is 8.58. The maximum atomic E-state index is 12.9. The number of benzene rings is 1. The van der Waals surface area contributed by atoms with Gasteiger partial charge in [-0.2, -0.15) is 13.2 Å². The normalized spacial score (nSPS) is 13.2. The third-order valence-electron chi connectivity index (χ3n) is 2.72. The molecule has 0 saturated carbocycles. The van der Waals surface area contributed by atoms with Gasteiger partial charge in [-0.15, -0.1) is 11.6 Å². The van der Waals surface area contributed by atoms with Crippen molar-refractivity contribution in [2.24, 2.45) is 0 Å². The lowest BCUT2D eigenvalue weighted by atomic mass is 10.1. The third-order valence-corrected chi connectivity index (χ3v) is 3.66. The number of amides is 1. The summed E-state index contributed by atoms with van der Waals surface area (Å²) in [5.74, 6) is -0.548. The van der Waals surface area contributed by atoms with Crippen molar-refractivity contribution in [3.8, 4) is 0 Å². The average molecular weight is 359 g/mol. The second kappa shape index (κ2) is 6.13. The fourth-order valence-electron chi connectivity index (χ4n) is 1.43. The van der Waals surface area contributed by atoms with Crippen LogP contribution in [-0.2, 0) is 6.18 Å². The van der Waals surface area contributed by atoms with E-state index in [2.05, 4.69) is 15.9 Å². The first-order chi connectivity index (χ1) is 8.68. The second-order valence-electron chi connectivity index (χ2n) is 4.11. The van der Waals surface area contributed by atoms with Crippen LogP contribution in [0.5, 0.6) is 0 Å². The Morgan fingerprint density at radius 3 is 2.53 bits per heavy atom. The molecule has 0 heterocycles. The first-order valence-electron chi connectivity index (χ1n) is 5.38. The van der Waals surface area contributed by atoms with E-state index in [1.807, 2.05) is 0 Å². The van der Waals surface area contributed by atoms with Crippen LogP contribution in [0.3, 0.4) is 0 Å². The van der Waals surface area contributed by atoms with Crippen molar-refractivity contribution in [1.82, 2.24) is 4.90 Å². The van der Waals surface area contributed by atoms with Crippen LogP contribution in [0.4, 0.5) is 13.2 Å². The van der Waals surface area contributed by atoms with Gasteiger partial charge in [0, 0.05) is 23.4 Å². The minimum Gasteiger partial charge on any atom is -0.338 e. The zero-order chi connectivity index (χ0) is 14.8. The van der Waals surface area contributed by atoms with Gasteiger partial charge in [0.15, 0.2) is 0 Å². The number of hydrogen-bond donors (Lipinski definition) is 0. The van der Waals surface area contributed by atoms with Crippen LogP contribution in [0, 0.1) is 0 Å². The van der Waals surface area contributed by atoms with Gasteiger partial charge in [-0.3, -0.25) is 4.79 Å². The molecule has 0 saturated heterocycles. The summed E-state index contributed by atoms with van der Waals surface area (Å²) in [6.07, 6.45) is -4.58. The van der Waals surface area contributed by atoms with Gasteiger partial charge < -0.3 is 4.90 Å². The molecule has 1 aromatic rings. The Hall–Kier alpha value is -0.750. The van der Waals surface area contributed by atoms with E-state index in [0.717, 1.165) is 12.1 Å². The highest BCUT2D eigenvalue weighted by atomic mass is 79.9. The van der Waals surface area contributed by atoms with Crippen LogP contribution in [0.25, 0.3) is 0 Å². The van der Waals surface area contributed by atoms with E-state index in [1.54, 1.807) is 6.92 Å².